The lowest BCUT2D eigenvalue weighted by Gasteiger charge is -2.28. The van der Waals surface area contributed by atoms with Crippen molar-refractivity contribution in [3.05, 3.63) is 73.6 Å². The molecule has 0 atom stereocenters. The normalized spacial score (nSPS) is 16.6. The molecule has 2 aliphatic heterocycles. The van der Waals surface area contributed by atoms with Crippen molar-refractivity contribution >= 4 is 35.4 Å². The lowest BCUT2D eigenvalue weighted by molar-refractivity contribution is -0.114. The molecule has 3 aromatic rings. The summed E-state index contributed by atoms with van der Waals surface area (Å²) >= 11 is 0. The molecule has 6 heteroatoms. The van der Waals surface area contributed by atoms with Crippen LogP contribution in [0.3, 0.4) is 0 Å². The summed E-state index contributed by atoms with van der Waals surface area (Å²) in [6, 6.07) is 6.60. The fourth-order valence-corrected chi connectivity index (χ4v) is 7.86. The van der Waals surface area contributed by atoms with Gasteiger partial charge in [0, 0.05) is 27.5 Å². The first-order chi connectivity index (χ1) is 21.8. The van der Waals surface area contributed by atoms with E-state index in [1.807, 2.05) is 6.92 Å². The van der Waals surface area contributed by atoms with Gasteiger partial charge in [-0.25, -0.2) is 9.98 Å². The molecule has 0 aliphatic carbocycles. The van der Waals surface area contributed by atoms with Crippen LogP contribution in [-0.2, 0) is 40.6 Å². The van der Waals surface area contributed by atoms with Crippen LogP contribution in [0.2, 0.25) is 0 Å². The van der Waals surface area contributed by atoms with Crippen LogP contribution in [0.25, 0.3) is 23.4 Å². The lowest BCUT2D eigenvalue weighted by Crippen LogP contribution is -2.32. The molecule has 0 bridgehead atoms. The van der Waals surface area contributed by atoms with Gasteiger partial charge in [-0.15, -0.1) is 0 Å². The van der Waals surface area contributed by atoms with Gasteiger partial charge in [0.2, 0.25) is 0 Å². The maximum absolute atomic E-state index is 12.6. The number of H-pyrrole nitrogens is 2. The minimum Gasteiger partial charge on any atom is -0.483 e. The molecule has 0 saturated carbocycles. The highest BCUT2D eigenvalue weighted by atomic mass is 16.5. The summed E-state index contributed by atoms with van der Waals surface area (Å²) in [5.41, 5.74) is 13.5. The van der Waals surface area contributed by atoms with Crippen LogP contribution in [0.1, 0.15) is 115 Å². The molecule has 6 nitrogen and oxygen atoms in total. The molecule has 5 rings (SSSR count). The van der Waals surface area contributed by atoms with Gasteiger partial charge in [-0.3, -0.25) is 4.79 Å². The smallest absolute Gasteiger partial charge is 0.273 e. The summed E-state index contributed by atoms with van der Waals surface area (Å²) < 4.78 is 5.89. The number of allylic oxidation sites excluding steroid dienone is 1. The second-order valence-electron chi connectivity index (χ2n) is 12.1. The minimum absolute atomic E-state index is 0.0873. The van der Waals surface area contributed by atoms with Gasteiger partial charge in [-0.1, -0.05) is 73.6 Å². The summed E-state index contributed by atoms with van der Waals surface area (Å²) in [5.74, 6) is 0.730. The Hall–Kier alpha value is -3.93. The molecule has 0 unspecified atom stereocenters. The van der Waals surface area contributed by atoms with Crippen molar-refractivity contribution in [1.82, 2.24) is 9.97 Å². The van der Waals surface area contributed by atoms with Gasteiger partial charge in [-0.2, -0.15) is 0 Å². The summed E-state index contributed by atoms with van der Waals surface area (Å²) in [6.07, 6.45) is 11.4. The zero-order valence-electron chi connectivity index (χ0n) is 28.8. The van der Waals surface area contributed by atoms with Gasteiger partial charge in [0.05, 0.1) is 29.6 Å². The van der Waals surface area contributed by atoms with E-state index in [1.54, 1.807) is 7.11 Å². The van der Waals surface area contributed by atoms with E-state index in [1.165, 1.54) is 27.8 Å². The zero-order valence-corrected chi connectivity index (χ0v) is 28.8. The van der Waals surface area contributed by atoms with E-state index in [-0.39, 0.29) is 11.3 Å². The summed E-state index contributed by atoms with van der Waals surface area (Å²) in [7, 11) is 1.75. The Morgan fingerprint density at radius 1 is 0.733 bits per heavy atom. The van der Waals surface area contributed by atoms with E-state index in [0.29, 0.717) is 6.42 Å². The van der Waals surface area contributed by atoms with E-state index in [4.69, 9.17) is 9.73 Å². The van der Waals surface area contributed by atoms with Crippen LogP contribution in [0.4, 0.5) is 5.69 Å². The SMILES string of the molecule is CCC1=C(CC)C(/C=c2\[nH]/c(=C/c3[nH]c(-c4cccc5c4N=C(OC)C5(CC)CC)c(CC)c3CC)c(CC)c2CC)=NC1=O. The van der Waals surface area contributed by atoms with Crippen molar-refractivity contribution in [2.24, 2.45) is 9.98 Å². The number of aromatic amines is 2. The van der Waals surface area contributed by atoms with Gasteiger partial charge in [0.15, 0.2) is 5.90 Å². The number of carbonyl (C=O) groups excluding carboxylic acids is 1. The number of ether oxygens (including phenoxy) is 1. The highest BCUT2D eigenvalue weighted by molar-refractivity contribution is 6.31. The molecule has 1 amide bonds. The number of nitrogens with zero attached hydrogens (tertiary/aromatic N) is 2. The molecule has 45 heavy (non-hydrogen) atoms. The molecular formula is C39H50N4O2. The van der Waals surface area contributed by atoms with E-state index in [2.05, 4.69) is 93.8 Å². The zero-order chi connectivity index (χ0) is 32.5. The Morgan fingerprint density at radius 2 is 1.36 bits per heavy atom. The number of aliphatic imine (C=N–C) groups is 2. The quantitative estimate of drug-likeness (QED) is 0.234. The largest absolute Gasteiger partial charge is 0.483 e. The summed E-state index contributed by atoms with van der Waals surface area (Å²) in [6.45, 7) is 17.5. The van der Waals surface area contributed by atoms with Crippen molar-refractivity contribution in [3.8, 4) is 11.3 Å². The number of nitrogens with one attached hydrogen (secondary N) is 2. The predicted molar refractivity (Wildman–Crippen MR) is 188 cm³/mol. The van der Waals surface area contributed by atoms with Gasteiger partial charge in [-0.05, 0) is 96.9 Å². The first-order valence-electron chi connectivity index (χ1n) is 17.1. The number of benzene rings is 1. The van der Waals surface area contributed by atoms with Gasteiger partial charge < -0.3 is 14.7 Å². The molecular weight excluding hydrogens is 556 g/mol. The van der Waals surface area contributed by atoms with Gasteiger partial charge >= 0.3 is 0 Å². The number of para-hydroxylation sites is 1. The predicted octanol–water partition coefficient (Wildman–Crippen LogP) is 7.71. The van der Waals surface area contributed by atoms with Crippen LogP contribution >= 0.6 is 0 Å². The van der Waals surface area contributed by atoms with Crippen LogP contribution in [-0.4, -0.2) is 34.6 Å². The molecule has 2 aliphatic rings. The number of fused-ring (bicyclic) bond motifs is 1. The number of amides is 1. The van der Waals surface area contributed by atoms with Gasteiger partial charge in [0.1, 0.15) is 0 Å². The molecule has 0 radical (unpaired) electrons. The minimum atomic E-state index is -0.190. The van der Waals surface area contributed by atoms with E-state index in [0.717, 1.165) is 101 Å². The molecule has 4 heterocycles. The van der Waals surface area contributed by atoms with Crippen molar-refractivity contribution in [2.45, 2.75) is 112 Å². The maximum Gasteiger partial charge on any atom is 0.273 e. The van der Waals surface area contributed by atoms with Crippen LogP contribution in [0, 0.1) is 0 Å². The third-order valence-corrected chi connectivity index (χ3v) is 10.2. The maximum atomic E-state index is 12.6. The van der Waals surface area contributed by atoms with Crippen LogP contribution < -0.4 is 10.7 Å². The number of hydrogen-bond donors (Lipinski definition) is 2. The van der Waals surface area contributed by atoms with Crippen molar-refractivity contribution in [3.63, 3.8) is 0 Å². The fourth-order valence-electron chi connectivity index (χ4n) is 7.86. The van der Waals surface area contributed by atoms with E-state index < -0.39 is 0 Å². The molecule has 0 spiro atoms. The highest BCUT2D eigenvalue weighted by Crippen LogP contribution is 2.49. The number of hydrogen-bond acceptors (Lipinski definition) is 3. The number of rotatable bonds is 11. The Labute approximate surface area is 268 Å². The second-order valence-corrected chi connectivity index (χ2v) is 12.1. The second kappa shape index (κ2) is 13.2. The Balaban J connectivity index is 1.72. The molecule has 238 valence electrons. The Kier molecular flexibility index (Phi) is 9.52. The first-order valence-corrected chi connectivity index (χ1v) is 17.1. The average molecular weight is 607 g/mol. The fraction of sp³-hybridized carbons (Fsp3) is 0.462. The molecule has 2 N–H and O–H groups in total. The monoisotopic (exact) mass is 606 g/mol. The van der Waals surface area contributed by atoms with Crippen molar-refractivity contribution in [2.75, 3.05) is 7.11 Å². The lowest BCUT2D eigenvalue weighted by atomic mass is 9.76. The molecule has 0 fully saturated rings. The Morgan fingerprint density at radius 3 is 1.91 bits per heavy atom. The van der Waals surface area contributed by atoms with E-state index >= 15 is 0 Å². The van der Waals surface area contributed by atoms with Gasteiger partial charge in [0.25, 0.3) is 5.91 Å². The molecule has 2 aromatic heterocycles. The number of carbonyl (C=O) groups is 1. The average Bonchev–Trinajstić information content (AvgIpc) is 3.78. The first kappa shape index (κ1) is 32.5. The number of methoxy groups -OCH3 is 1. The van der Waals surface area contributed by atoms with Crippen LogP contribution in [0.5, 0.6) is 0 Å². The standard InChI is InChI=1S/C39H50N4O2/c1-10-23-24(11-2)32(22-34-26(13-4)28(15-6)37(44)42-34)40-31(23)21-33-25(12-3)27(14-5)35(41-33)29-19-18-20-30-36(29)43-38(45-9)39(30,16-7)17-8/h18-22,40-41H,10-17H2,1-9H3/b31-21+,32-22-. The number of aromatic nitrogens is 2. The third-order valence-electron chi connectivity index (χ3n) is 10.2. The van der Waals surface area contributed by atoms with Crippen molar-refractivity contribution in [1.29, 1.82) is 0 Å². The summed E-state index contributed by atoms with van der Waals surface area (Å²) in [5, 5.41) is 2.16. The Bertz CT molecular complexity index is 1840. The van der Waals surface area contributed by atoms with Crippen molar-refractivity contribution < 1.29 is 9.53 Å². The molecule has 1 aromatic carbocycles. The third kappa shape index (κ3) is 5.16. The molecule has 0 saturated heterocycles. The topological polar surface area (TPSA) is 82.6 Å². The summed E-state index contributed by atoms with van der Waals surface area (Å²) in [4.78, 5) is 29.8. The highest BCUT2D eigenvalue weighted by Gasteiger charge is 2.43. The van der Waals surface area contributed by atoms with Crippen LogP contribution in [0.15, 0.2) is 39.3 Å². The van der Waals surface area contributed by atoms with E-state index in [9.17, 15) is 4.79 Å².